The highest BCUT2D eigenvalue weighted by Gasteiger charge is 2.14. The summed E-state index contributed by atoms with van der Waals surface area (Å²) in [5, 5.41) is 5.03. The maximum Gasteiger partial charge on any atom is 0.0723 e. The molecule has 0 saturated carbocycles. The molecule has 1 unspecified atom stereocenters. The predicted molar refractivity (Wildman–Crippen MR) is 74.7 cm³/mol. The van der Waals surface area contributed by atoms with Crippen LogP contribution < -0.4 is 5.73 Å². The third-order valence-electron chi connectivity index (χ3n) is 2.93. The Hall–Kier alpha value is -1.32. The maximum absolute atomic E-state index is 6.31. The lowest BCUT2D eigenvalue weighted by atomic mass is 10.0. The molecule has 0 saturated heterocycles. The molecule has 0 aliphatic carbocycles. The second kappa shape index (κ2) is 5.55. The van der Waals surface area contributed by atoms with E-state index in [1.807, 2.05) is 29.8 Å². The molecule has 2 N–H and O–H groups in total. The van der Waals surface area contributed by atoms with Gasteiger partial charge in [0.15, 0.2) is 0 Å². The summed E-state index contributed by atoms with van der Waals surface area (Å²) in [6, 6.07) is 7.71. The monoisotopic (exact) mass is 263 g/mol. The van der Waals surface area contributed by atoms with Crippen molar-refractivity contribution in [3.63, 3.8) is 0 Å². The van der Waals surface area contributed by atoms with E-state index in [0.29, 0.717) is 0 Å². The Balaban J connectivity index is 2.34. The van der Waals surface area contributed by atoms with Crippen molar-refractivity contribution in [3.8, 4) is 0 Å². The molecule has 0 fully saturated rings. The van der Waals surface area contributed by atoms with Gasteiger partial charge in [0.05, 0.1) is 11.7 Å². The topological polar surface area (TPSA) is 43.8 Å². The third kappa shape index (κ3) is 2.74. The molecule has 3 nitrogen and oxygen atoms in total. The summed E-state index contributed by atoms with van der Waals surface area (Å²) in [5.41, 5.74) is 9.48. The van der Waals surface area contributed by atoms with Crippen molar-refractivity contribution in [2.75, 3.05) is 0 Å². The summed E-state index contributed by atoms with van der Waals surface area (Å²) >= 11 is 6.08. The largest absolute Gasteiger partial charge is 0.319 e. The molecule has 1 heterocycles. The summed E-state index contributed by atoms with van der Waals surface area (Å²) in [7, 11) is 0. The van der Waals surface area contributed by atoms with E-state index in [2.05, 4.69) is 18.1 Å². The van der Waals surface area contributed by atoms with Crippen LogP contribution in [0, 0.1) is 6.92 Å². The van der Waals surface area contributed by atoms with E-state index in [1.165, 1.54) is 0 Å². The van der Waals surface area contributed by atoms with Crippen molar-refractivity contribution in [1.82, 2.24) is 9.78 Å². The predicted octanol–water partition coefficient (Wildman–Crippen LogP) is 3.30. The minimum Gasteiger partial charge on any atom is -0.319 e. The molecule has 1 aromatic carbocycles. The first-order chi connectivity index (χ1) is 8.61. The van der Waals surface area contributed by atoms with E-state index in [9.17, 15) is 0 Å². The first kappa shape index (κ1) is 13.1. The minimum absolute atomic E-state index is 0.184. The van der Waals surface area contributed by atoms with Crippen molar-refractivity contribution in [3.05, 3.63) is 52.3 Å². The Labute approximate surface area is 113 Å². The molecule has 0 radical (unpaired) electrons. The lowest BCUT2D eigenvalue weighted by Gasteiger charge is -2.15. The van der Waals surface area contributed by atoms with Crippen LogP contribution in [-0.2, 0) is 6.54 Å². The number of halogens is 1. The molecule has 2 aromatic rings. The zero-order chi connectivity index (χ0) is 13.1. The van der Waals surface area contributed by atoms with Crippen LogP contribution in [0.3, 0.4) is 0 Å². The molecule has 1 aromatic heterocycles. The number of nitrogens with two attached hydrogens (primary N) is 1. The molecule has 18 heavy (non-hydrogen) atoms. The van der Waals surface area contributed by atoms with Gasteiger partial charge >= 0.3 is 0 Å². The fourth-order valence-corrected chi connectivity index (χ4v) is 2.42. The Bertz CT molecular complexity index is 513. The highest BCUT2D eigenvalue weighted by molar-refractivity contribution is 6.30. The second-order valence-electron chi connectivity index (χ2n) is 4.52. The van der Waals surface area contributed by atoms with Gasteiger partial charge < -0.3 is 5.73 Å². The van der Waals surface area contributed by atoms with Gasteiger partial charge in [0, 0.05) is 17.8 Å². The molecule has 0 amide bonds. The van der Waals surface area contributed by atoms with Gasteiger partial charge in [-0.05, 0) is 42.7 Å². The van der Waals surface area contributed by atoms with Gasteiger partial charge in [0.2, 0.25) is 0 Å². The average molecular weight is 264 g/mol. The van der Waals surface area contributed by atoms with Crippen LogP contribution in [0.5, 0.6) is 0 Å². The van der Waals surface area contributed by atoms with Gasteiger partial charge in [0.25, 0.3) is 0 Å². The zero-order valence-corrected chi connectivity index (χ0v) is 11.5. The van der Waals surface area contributed by atoms with Crippen LogP contribution in [0.2, 0.25) is 5.02 Å². The first-order valence-corrected chi connectivity index (χ1v) is 6.54. The Morgan fingerprint density at radius 3 is 2.83 bits per heavy atom. The smallest absolute Gasteiger partial charge is 0.0723 e. The number of hydrogen-bond donors (Lipinski definition) is 1. The summed E-state index contributed by atoms with van der Waals surface area (Å²) in [6.07, 6.45) is 2.83. The second-order valence-corrected chi connectivity index (χ2v) is 4.96. The lowest BCUT2D eigenvalue weighted by Crippen LogP contribution is -2.17. The maximum atomic E-state index is 6.31. The van der Waals surface area contributed by atoms with Crippen LogP contribution in [-0.4, -0.2) is 9.78 Å². The van der Waals surface area contributed by atoms with Crippen molar-refractivity contribution < 1.29 is 0 Å². The van der Waals surface area contributed by atoms with Gasteiger partial charge in [-0.2, -0.15) is 5.10 Å². The first-order valence-electron chi connectivity index (χ1n) is 6.16. The third-order valence-corrected chi connectivity index (χ3v) is 3.15. The number of nitrogens with zero attached hydrogens (tertiary/aromatic N) is 2. The van der Waals surface area contributed by atoms with Crippen molar-refractivity contribution in [1.29, 1.82) is 0 Å². The van der Waals surface area contributed by atoms with Crippen LogP contribution in [0.25, 0.3) is 0 Å². The van der Waals surface area contributed by atoms with Gasteiger partial charge in [-0.1, -0.05) is 24.6 Å². The summed E-state index contributed by atoms with van der Waals surface area (Å²) in [6.45, 7) is 5.03. The molecular formula is C14H18ClN3. The van der Waals surface area contributed by atoms with Gasteiger partial charge in [-0.15, -0.1) is 0 Å². The van der Waals surface area contributed by atoms with Crippen LogP contribution in [0.1, 0.15) is 36.2 Å². The number of rotatable bonds is 4. The van der Waals surface area contributed by atoms with Crippen LogP contribution in [0.15, 0.2) is 30.5 Å². The van der Waals surface area contributed by atoms with Crippen molar-refractivity contribution in [2.45, 2.75) is 32.9 Å². The van der Waals surface area contributed by atoms with E-state index in [1.54, 1.807) is 6.20 Å². The van der Waals surface area contributed by atoms with Gasteiger partial charge in [0.1, 0.15) is 0 Å². The Kier molecular flexibility index (Phi) is 4.04. The summed E-state index contributed by atoms with van der Waals surface area (Å²) in [5.74, 6) is 0. The quantitative estimate of drug-likeness (QED) is 0.920. The Morgan fingerprint density at radius 1 is 1.39 bits per heavy atom. The zero-order valence-electron chi connectivity index (χ0n) is 10.7. The van der Waals surface area contributed by atoms with Crippen LogP contribution in [0.4, 0.5) is 0 Å². The SMILES string of the molecule is CCCn1nccc1C(N)c1cc(C)cc(Cl)c1. The summed E-state index contributed by atoms with van der Waals surface area (Å²) in [4.78, 5) is 0. The van der Waals surface area contributed by atoms with Gasteiger partial charge in [-0.25, -0.2) is 0 Å². The van der Waals surface area contributed by atoms with Crippen molar-refractivity contribution >= 4 is 11.6 Å². The Morgan fingerprint density at radius 2 is 2.17 bits per heavy atom. The molecular weight excluding hydrogens is 246 g/mol. The lowest BCUT2D eigenvalue weighted by molar-refractivity contribution is 0.559. The molecule has 0 aliphatic heterocycles. The highest BCUT2D eigenvalue weighted by Crippen LogP contribution is 2.24. The number of aryl methyl sites for hydroxylation is 2. The number of hydrogen-bond acceptors (Lipinski definition) is 2. The van der Waals surface area contributed by atoms with Crippen LogP contribution >= 0.6 is 11.6 Å². The molecule has 0 bridgehead atoms. The standard InChI is InChI=1S/C14H18ClN3/c1-3-6-18-13(4-5-17-18)14(16)11-7-10(2)8-12(15)9-11/h4-5,7-9,14H,3,6,16H2,1-2H3. The highest BCUT2D eigenvalue weighted by atomic mass is 35.5. The summed E-state index contributed by atoms with van der Waals surface area (Å²) < 4.78 is 1.96. The van der Waals surface area contributed by atoms with E-state index < -0.39 is 0 Å². The van der Waals surface area contributed by atoms with Crippen molar-refractivity contribution in [2.24, 2.45) is 5.73 Å². The van der Waals surface area contributed by atoms with Gasteiger partial charge in [-0.3, -0.25) is 4.68 Å². The fraction of sp³-hybridized carbons (Fsp3) is 0.357. The molecule has 96 valence electrons. The van der Waals surface area contributed by atoms with E-state index in [4.69, 9.17) is 17.3 Å². The normalized spacial score (nSPS) is 12.7. The molecule has 4 heteroatoms. The van der Waals surface area contributed by atoms with E-state index in [-0.39, 0.29) is 6.04 Å². The average Bonchev–Trinajstić information content (AvgIpc) is 2.75. The van der Waals surface area contributed by atoms with E-state index >= 15 is 0 Å². The fourth-order valence-electron chi connectivity index (χ4n) is 2.12. The van der Waals surface area contributed by atoms with E-state index in [0.717, 1.165) is 34.8 Å². The molecule has 1 atom stereocenters. The number of aromatic nitrogens is 2. The number of benzene rings is 1. The minimum atomic E-state index is -0.184. The molecule has 2 rings (SSSR count). The molecule has 0 aliphatic rings. The molecule has 0 spiro atoms.